The Morgan fingerprint density at radius 3 is 1.69 bits per heavy atom. The molecule has 0 aromatic rings. The molecule has 29 heavy (non-hydrogen) atoms. The van der Waals surface area contributed by atoms with E-state index < -0.39 is 27.6 Å². The predicted molar refractivity (Wildman–Crippen MR) is 117 cm³/mol. The molecule has 0 bridgehead atoms. The van der Waals surface area contributed by atoms with Crippen molar-refractivity contribution in [3.63, 3.8) is 0 Å². The minimum atomic E-state index is -0.966. The molecule has 1 amide bonds. The van der Waals surface area contributed by atoms with Gasteiger partial charge in [0.15, 0.2) is 6.19 Å². The predicted octanol–water partition coefficient (Wildman–Crippen LogP) is 2.95. The maximum atomic E-state index is 12.1. The molecule has 0 aliphatic carbocycles. The average Bonchev–Trinajstić information content (AvgIpc) is 2.52. The van der Waals surface area contributed by atoms with Crippen LogP contribution in [-0.2, 0) is 31.2 Å². The van der Waals surface area contributed by atoms with Gasteiger partial charge in [0.05, 0.1) is 6.42 Å². The number of carboxylic acids is 1. The number of aliphatic carboxylic acids is 1. The average molecular weight is 449 g/mol. The van der Waals surface area contributed by atoms with Crippen molar-refractivity contribution in [2.75, 3.05) is 23.0 Å². The number of rotatable bonds is 16. The summed E-state index contributed by atoms with van der Waals surface area (Å²) in [5.74, 6) is 1.03. The molecule has 0 fully saturated rings. The molecule has 168 valence electrons. The Hall–Kier alpha value is -1.27. The van der Waals surface area contributed by atoms with Crippen molar-refractivity contribution in [1.82, 2.24) is 5.32 Å². The summed E-state index contributed by atoms with van der Waals surface area (Å²) in [5.41, 5.74) is -0.540. The van der Waals surface area contributed by atoms with Gasteiger partial charge in [-0.25, -0.2) is 0 Å². The van der Waals surface area contributed by atoms with Crippen LogP contribution in [0.1, 0.15) is 72.6 Å². The van der Waals surface area contributed by atoms with Gasteiger partial charge >= 0.3 is 5.97 Å². The molecule has 7 nitrogen and oxygen atoms in total. The van der Waals surface area contributed by atoms with Crippen molar-refractivity contribution >= 4 is 33.5 Å². The molecule has 0 spiro atoms. The highest BCUT2D eigenvalue weighted by Crippen LogP contribution is 2.27. The van der Waals surface area contributed by atoms with Crippen molar-refractivity contribution in [2.45, 2.75) is 72.6 Å². The van der Waals surface area contributed by atoms with E-state index in [1.807, 2.05) is 27.7 Å². The first-order chi connectivity index (χ1) is 13.4. The Morgan fingerprint density at radius 1 is 0.862 bits per heavy atom. The molecule has 0 saturated carbocycles. The summed E-state index contributed by atoms with van der Waals surface area (Å²) >= 11 is 0. The summed E-state index contributed by atoms with van der Waals surface area (Å²) in [6, 6.07) is 0. The van der Waals surface area contributed by atoms with Gasteiger partial charge < -0.3 is 5.11 Å². The van der Waals surface area contributed by atoms with Crippen molar-refractivity contribution in [3.8, 4) is 6.19 Å². The fourth-order valence-electron chi connectivity index (χ4n) is 3.14. The second-order valence-electron chi connectivity index (χ2n) is 8.99. The van der Waals surface area contributed by atoms with Crippen LogP contribution in [0.25, 0.3) is 0 Å². The molecule has 0 heterocycles. The minimum absolute atomic E-state index is 0.110. The third-order valence-electron chi connectivity index (χ3n) is 4.66. The first-order valence-electron chi connectivity index (χ1n) is 9.96. The number of carboxylic acid groups (broad SMARTS) is 1. The Morgan fingerprint density at radius 2 is 1.28 bits per heavy atom. The zero-order valence-electron chi connectivity index (χ0n) is 18.1. The highest BCUT2D eigenvalue weighted by atomic mass is 32.2. The molecule has 0 aliphatic heterocycles. The Bertz CT molecular complexity index is 627. The van der Waals surface area contributed by atoms with Gasteiger partial charge in [-0.05, 0) is 42.9 Å². The lowest BCUT2D eigenvalue weighted by Crippen LogP contribution is -2.25. The zero-order valence-corrected chi connectivity index (χ0v) is 19.8. The lowest BCUT2D eigenvalue weighted by atomic mass is 9.84. The minimum Gasteiger partial charge on any atom is -0.481 e. The van der Waals surface area contributed by atoms with E-state index in [0.29, 0.717) is 29.4 Å². The van der Waals surface area contributed by atoms with Crippen LogP contribution in [0, 0.1) is 22.3 Å². The van der Waals surface area contributed by atoms with Crippen LogP contribution in [0.3, 0.4) is 0 Å². The second kappa shape index (κ2) is 13.9. The van der Waals surface area contributed by atoms with Crippen molar-refractivity contribution in [3.05, 3.63) is 0 Å². The number of nitrogens with zero attached hydrogens (tertiary/aromatic N) is 1. The largest absolute Gasteiger partial charge is 0.481 e. The maximum absolute atomic E-state index is 12.1. The van der Waals surface area contributed by atoms with Crippen LogP contribution in [0.5, 0.6) is 0 Å². The molecule has 0 saturated heterocycles. The molecular weight excluding hydrogens is 412 g/mol. The van der Waals surface area contributed by atoms with Gasteiger partial charge in [0, 0.05) is 51.0 Å². The third-order valence-corrected chi connectivity index (χ3v) is 7.64. The first-order valence-corrected chi connectivity index (χ1v) is 12.9. The number of hydrogen-bond donors (Lipinski definition) is 2. The molecule has 2 unspecified atom stereocenters. The topological polar surface area (TPSA) is 124 Å². The third kappa shape index (κ3) is 16.2. The molecule has 0 aromatic heterocycles. The lowest BCUT2D eigenvalue weighted by molar-refractivity contribution is -0.139. The SMILES string of the molecule is CC(C)(CCCS(=O)CCCS(=O)CCCC(C)(C)CC(=O)NC#N)CC(=O)O. The second-order valence-corrected chi connectivity index (χ2v) is 12.4. The van der Waals surface area contributed by atoms with Gasteiger partial charge in [-0.3, -0.25) is 23.3 Å². The fourth-order valence-corrected chi connectivity index (χ4v) is 5.59. The fraction of sp³-hybridized carbons (Fsp3) is 0.850. The molecule has 0 radical (unpaired) electrons. The van der Waals surface area contributed by atoms with Crippen molar-refractivity contribution < 1.29 is 23.1 Å². The van der Waals surface area contributed by atoms with Crippen LogP contribution in [0.15, 0.2) is 0 Å². The van der Waals surface area contributed by atoms with Gasteiger partial charge in [0.25, 0.3) is 0 Å². The molecule has 9 heteroatoms. The number of hydrogen-bond acceptors (Lipinski definition) is 5. The lowest BCUT2D eigenvalue weighted by Gasteiger charge is -2.22. The van der Waals surface area contributed by atoms with E-state index >= 15 is 0 Å². The van der Waals surface area contributed by atoms with Crippen LogP contribution < -0.4 is 5.32 Å². The standard InChI is InChI=1S/C20H36N2O5S2/c1-19(2,14-17(23)22-16-21)8-5-10-28(26)12-7-13-29(27)11-6-9-20(3,4)15-18(24)25/h5-15H2,1-4H3,(H,22,23)(H,24,25). The van der Waals surface area contributed by atoms with Gasteiger partial charge in [-0.2, -0.15) is 5.26 Å². The smallest absolute Gasteiger partial charge is 0.303 e. The number of nitriles is 1. The molecule has 2 atom stereocenters. The van der Waals surface area contributed by atoms with Crippen LogP contribution in [0.2, 0.25) is 0 Å². The Kier molecular flexibility index (Phi) is 13.3. The highest BCUT2D eigenvalue weighted by Gasteiger charge is 2.22. The van der Waals surface area contributed by atoms with Crippen LogP contribution in [0.4, 0.5) is 0 Å². The maximum Gasteiger partial charge on any atom is 0.303 e. The summed E-state index contributed by atoms with van der Waals surface area (Å²) in [6.07, 6.45) is 5.57. The zero-order chi connectivity index (χ0) is 22.5. The Balaban J connectivity index is 3.93. The Labute approximate surface area is 179 Å². The monoisotopic (exact) mass is 448 g/mol. The summed E-state index contributed by atoms with van der Waals surface area (Å²) in [7, 11) is -1.93. The van der Waals surface area contributed by atoms with E-state index in [-0.39, 0.29) is 29.6 Å². The summed E-state index contributed by atoms with van der Waals surface area (Å²) < 4.78 is 24.2. The van der Waals surface area contributed by atoms with Gasteiger partial charge in [0.2, 0.25) is 5.91 Å². The normalized spacial score (nSPS) is 14.0. The highest BCUT2D eigenvalue weighted by molar-refractivity contribution is 7.85. The number of nitrogens with one attached hydrogen (secondary N) is 1. The molecule has 0 aliphatic rings. The van der Waals surface area contributed by atoms with Crippen molar-refractivity contribution in [1.29, 1.82) is 5.26 Å². The van der Waals surface area contributed by atoms with Crippen LogP contribution in [-0.4, -0.2) is 48.4 Å². The molecule has 2 N–H and O–H groups in total. The number of amides is 1. The van der Waals surface area contributed by atoms with E-state index in [1.54, 1.807) is 6.19 Å². The van der Waals surface area contributed by atoms with E-state index in [4.69, 9.17) is 10.4 Å². The van der Waals surface area contributed by atoms with Gasteiger partial charge in [-0.1, -0.05) is 27.7 Å². The summed E-state index contributed by atoms with van der Waals surface area (Å²) in [4.78, 5) is 22.3. The van der Waals surface area contributed by atoms with Crippen LogP contribution >= 0.6 is 0 Å². The molecule has 0 rings (SSSR count). The van der Waals surface area contributed by atoms with E-state index in [9.17, 15) is 18.0 Å². The molecular formula is C20H36N2O5S2. The number of carbonyl (C=O) groups is 2. The van der Waals surface area contributed by atoms with E-state index in [1.165, 1.54) is 0 Å². The van der Waals surface area contributed by atoms with Gasteiger partial charge in [0.1, 0.15) is 0 Å². The van der Waals surface area contributed by atoms with E-state index in [2.05, 4.69) is 5.32 Å². The van der Waals surface area contributed by atoms with Crippen molar-refractivity contribution in [2.24, 2.45) is 10.8 Å². The quantitative estimate of drug-likeness (QED) is 0.276. The summed E-state index contributed by atoms with van der Waals surface area (Å²) in [5, 5.41) is 19.4. The summed E-state index contributed by atoms with van der Waals surface area (Å²) in [6.45, 7) is 7.72. The van der Waals surface area contributed by atoms with Gasteiger partial charge in [-0.15, -0.1) is 0 Å². The van der Waals surface area contributed by atoms with E-state index in [0.717, 1.165) is 25.7 Å². The number of carbonyl (C=O) groups excluding carboxylic acids is 1. The molecule has 0 aromatic carbocycles. The first kappa shape index (κ1) is 27.7.